The summed E-state index contributed by atoms with van der Waals surface area (Å²) in [5.41, 5.74) is -0.00417. The van der Waals surface area contributed by atoms with E-state index >= 15 is 0 Å². The Bertz CT molecular complexity index is 365. The summed E-state index contributed by atoms with van der Waals surface area (Å²) in [6.45, 7) is 0. The van der Waals surface area contributed by atoms with Gasteiger partial charge in [-0.25, -0.2) is 13.8 Å². The van der Waals surface area contributed by atoms with Crippen LogP contribution in [0, 0.1) is 0 Å². The lowest BCUT2D eigenvalue weighted by Gasteiger charge is -2.13. The van der Waals surface area contributed by atoms with E-state index in [9.17, 15) is 8.78 Å². The largest absolute Gasteiger partial charge is 0.367 e. The molecule has 0 atom stereocenters. The maximum Gasteiger partial charge on any atom is 0.265 e. The van der Waals surface area contributed by atoms with Gasteiger partial charge >= 0.3 is 0 Å². The lowest BCUT2D eigenvalue weighted by Crippen LogP contribution is -2.15. The van der Waals surface area contributed by atoms with E-state index < -0.39 is 6.43 Å². The van der Waals surface area contributed by atoms with Crippen LogP contribution in [-0.4, -0.2) is 11.0 Å². The van der Waals surface area contributed by atoms with E-state index in [0.29, 0.717) is 16.3 Å². The maximum absolute atomic E-state index is 12.6. The summed E-state index contributed by atoms with van der Waals surface area (Å²) in [6.07, 6.45) is 3.56. The summed E-state index contributed by atoms with van der Waals surface area (Å²) in [7, 11) is 0. The molecule has 0 aromatic carbocycles. The van der Waals surface area contributed by atoms with Crippen LogP contribution < -0.4 is 5.32 Å². The highest BCUT2D eigenvalue weighted by molar-refractivity contribution is 9.10. The summed E-state index contributed by atoms with van der Waals surface area (Å²) in [6, 6.07) is 1.81. The van der Waals surface area contributed by atoms with Crippen molar-refractivity contribution in [1.82, 2.24) is 4.98 Å². The van der Waals surface area contributed by atoms with Gasteiger partial charge in [0.2, 0.25) is 0 Å². The highest BCUT2D eigenvalue weighted by Crippen LogP contribution is 2.29. The molecule has 2 nitrogen and oxygen atoms in total. The van der Waals surface area contributed by atoms with Crippen molar-refractivity contribution < 1.29 is 8.78 Å². The van der Waals surface area contributed by atoms with E-state index in [4.69, 9.17) is 0 Å². The zero-order valence-electron chi connectivity index (χ0n) is 8.72. The fourth-order valence-corrected chi connectivity index (χ4v) is 2.37. The standard InChI is InChI=1S/C11H13BrF2N2/c12-9-6-15-10(5-8(9)11(13)14)16-7-3-1-2-4-7/h5-7,11H,1-4H2,(H,15,16). The zero-order chi connectivity index (χ0) is 11.5. The molecule has 0 radical (unpaired) electrons. The van der Waals surface area contributed by atoms with Gasteiger partial charge in [0.25, 0.3) is 6.43 Å². The number of hydrogen-bond acceptors (Lipinski definition) is 2. The van der Waals surface area contributed by atoms with E-state index in [2.05, 4.69) is 26.2 Å². The van der Waals surface area contributed by atoms with Crippen LogP contribution in [0.4, 0.5) is 14.6 Å². The first kappa shape index (κ1) is 11.8. The van der Waals surface area contributed by atoms with Gasteiger partial charge in [0, 0.05) is 22.3 Å². The predicted octanol–water partition coefficient (Wildman–Crippen LogP) is 4.14. The van der Waals surface area contributed by atoms with E-state index in [1.165, 1.54) is 25.1 Å². The van der Waals surface area contributed by atoms with Gasteiger partial charge < -0.3 is 5.32 Å². The summed E-state index contributed by atoms with van der Waals surface area (Å²) >= 11 is 3.07. The van der Waals surface area contributed by atoms with E-state index in [1.54, 1.807) is 0 Å². The van der Waals surface area contributed by atoms with E-state index in [0.717, 1.165) is 12.8 Å². The van der Waals surface area contributed by atoms with Crippen molar-refractivity contribution in [3.05, 3.63) is 22.3 Å². The van der Waals surface area contributed by atoms with Crippen LogP contribution in [-0.2, 0) is 0 Å². The van der Waals surface area contributed by atoms with Crippen molar-refractivity contribution in [2.24, 2.45) is 0 Å². The van der Waals surface area contributed by atoms with E-state index in [-0.39, 0.29) is 5.56 Å². The van der Waals surface area contributed by atoms with Crippen LogP contribution in [0.2, 0.25) is 0 Å². The number of nitrogens with zero attached hydrogens (tertiary/aromatic N) is 1. The smallest absolute Gasteiger partial charge is 0.265 e. The second-order valence-corrected chi connectivity index (χ2v) is 4.87. The van der Waals surface area contributed by atoms with E-state index in [1.807, 2.05) is 0 Å². The highest BCUT2D eigenvalue weighted by atomic mass is 79.9. The molecule has 16 heavy (non-hydrogen) atoms. The average Bonchev–Trinajstić information content (AvgIpc) is 2.73. The minimum Gasteiger partial charge on any atom is -0.367 e. The lowest BCUT2D eigenvalue weighted by molar-refractivity contribution is 0.150. The Labute approximate surface area is 102 Å². The van der Waals surface area contributed by atoms with Gasteiger partial charge in [-0.1, -0.05) is 12.8 Å². The molecule has 0 unspecified atom stereocenters. The molecule has 1 aromatic heterocycles. The van der Waals surface area contributed by atoms with Crippen molar-refractivity contribution >= 4 is 21.7 Å². The first-order valence-electron chi connectivity index (χ1n) is 5.37. The van der Waals surface area contributed by atoms with Crippen LogP contribution >= 0.6 is 15.9 Å². The number of anilines is 1. The van der Waals surface area contributed by atoms with Crippen LogP contribution in [0.25, 0.3) is 0 Å². The SMILES string of the molecule is FC(F)c1cc(NC2CCCC2)ncc1Br. The maximum atomic E-state index is 12.6. The van der Waals surface area contributed by atoms with Crippen molar-refractivity contribution in [3.8, 4) is 0 Å². The minimum absolute atomic E-state index is 0.00417. The van der Waals surface area contributed by atoms with Crippen molar-refractivity contribution in [1.29, 1.82) is 0 Å². The van der Waals surface area contributed by atoms with Crippen LogP contribution in [0.5, 0.6) is 0 Å². The van der Waals surface area contributed by atoms with Gasteiger partial charge in [-0.05, 0) is 34.8 Å². The average molecular weight is 291 g/mol. The van der Waals surface area contributed by atoms with Crippen LogP contribution in [0.15, 0.2) is 16.7 Å². The molecule has 5 heteroatoms. The molecule has 88 valence electrons. The fourth-order valence-electron chi connectivity index (χ4n) is 1.98. The third kappa shape index (κ3) is 2.70. The van der Waals surface area contributed by atoms with Crippen molar-refractivity contribution in [3.63, 3.8) is 0 Å². The molecule has 1 N–H and O–H groups in total. The van der Waals surface area contributed by atoms with Crippen molar-refractivity contribution in [2.75, 3.05) is 5.32 Å². The molecule has 2 rings (SSSR count). The number of hydrogen-bond donors (Lipinski definition) is 1. The third-order valence-electron chi connectivity index (χ3n) is 2.83. The van der Waals surface area contributed by atoms with Gasteiger partial charge in [0.15, 0.2) is 0 Å². The van der Waals surface area contributed by atoms with Crippen molar-refractivity contribution in [2.45, 2.75) is 38.2 Å². The monoisotopic (exact) mass is 290 g/mol. The molecular formula is C11H13BrF2N2. The Morgan fingerprint density at radius 3 is 2.69 bits per heavy atom. The van der Waals surface area contributed by atoms with Crippen LogP contribution in [0.3, 0.4) is 0 Å². The number of aromatic nitrogens is 1. The summed E-state index contributed by atoms with van der Waals surface area (Å²) < 4.78 is 25.6. The Balaban J connectivity index is 2.12. The molecule has 1 aliphatic rings. The second kappa shape index (κ2) is 5.08. The zero-order valence-corrected chi connectivity index (χ0v) is 10.3. The predicted molar refractivity (Wildman–Crippen MR) is 62.8 cm³/mol. The lowest BCUT2D eigenvalue weighted by atomic mass is 10.2. The first-order chi connectivity index (χ1) is 7.66. The Kier molecular flexibility index (Phi) is 3.74. The molecule has 0 amide bonds. The Morgan fingerprint density at radius 1 is 1.38 bits per heavy atom. The Morgan fingerprint density at radius 2 is 2.06 bits per heavy atom. The molecule has 1 fully saturated rings. The third-order valence-corrected chi connectivity index (χ3v) is 3.49. The molecule has 1 aromatic rings. The van der Waals surface area contributed by atoms with Gasteiger partial charge in [0.05, 0.1) is 0 Å². The normalized spacial score (nSPS) is 17.0. The quantitative estimate of drug-likeness (QED) is 0.905. The molecular weight excluding hydrogens is 278 g/mol. The second-order valence-electron chi connectivity index (χ2n) is 4.02. The summed E-state index contributed by atoms with van der Waals surface area (Å²) in [5.74, 6) is 0.547. The number of alkyl halides is 2. The van der Waals surface area contributed by atoms with Gasteiger partial charge in [-0.15, -0.1) is 0 Å². The molecule has 1 saturated carbocycles. The summed E-state index contributed by atoms with van der Waals surface area (Å²) in [5, 5.41) is 3.20. The summed E-state index contributed by atoms with van der Waals surface area (Å²) in [4.78, 5) is 4.09. The highest BCUT2D eigenvalue weighted by Gasteiger charge is 2.17. The Hall–Kier alpha value is -0.710. The fraction of sp³-hybridized carbons (Fsp3) is 0.545. The number of pyridine rings is 1. The molecule has 0 aliphatic heterocycles. The molecule has 0 bridgehead atoms. The molecule has 1 heterocycles. The number of halogens is 3. The van der Waals surface area contributed by atoms with Gasteiger partial charge in [-0.2, -0.15) is 0 Å². The molecule has 0 spiro atoms. The van der Waals surface area contributed by atoms with Crippen LogP contribution in [0.1, 0.15) is 37.7 Å². The topological polar surface area (TPSA) is 24.9 Å². The molecule has 1 aliphatic carbocycles. The van der Waals surface area contributed by atoms with Gasteiger partial charge in [-0.3, -0.25) is 0 Å². The van der Waals surface area contributed by atoms with Gasteiger partial charge in [0.1, 0.15) is 5.82 Å². The number of nitrogens with one attached hydrogen (secondary N) is 1. The first-order valence-corrected chi connectivity index (χ1v) is 6.16. The minimum atomic E-state index is -2.47. The number of rotatable bonds is 3. The molecule has 0 saturated heterocycles.